The summed E-state index contributed by atoms with van der Waals surface area (Å²) in [6, 6.07) is 7.20. The standard InChI is InChI=1S/C15H13ClN4OS/c1-3-13-19-20-15(22-13)18-14(21)11-7-9-6-10(16)4-5-12(9)17-8(11)2/h4-7H,3H2,1-2H3,(H,18,20,21). The number of halogens is 1. The van der Waals surface area contributed by atoms with Crippen molar-refractivity contribution in [1.82, 2.24) is 15.2 Å². The van der Waals surface area contributed by atoms with Crippen LogP contribution < -0.4 is 5.32 Å². The lowest BCUT2D eigenvalue weighted by molar-refractivity contribution is 0.102. The molecule has 0 aliphatic carbocycles. The molecule has 2 heterocycles. The van der Waals surface area contributed by atoms with Crippen molar-refractivity contribution in [2.45, 2.75) is 20.3 Å². The molecule has 3 aromatic rings. The Balaban J connectivity index is 1.94. The molecule has 0 radical (unpaired) electrons. The van der Waals surface area contributed by atoms with Crippen LogP contribution in [0.25, 0.3) is 10.9 Å². The molecule has 0 spiro atoms. The van der Waals surface area contributed by atoms with E-state index in [2.05, 4.69) is 20.5 Å². The van der Waals surface area contributed by atoms with Gasteiger partial charge in [-0.15, -0.1) is 10.2 Å². The molecule has 0 saturated carbocycles. The van der Waals surface area contributed by atoms with Crippen LogP contribution in [-0.2, 0) is 6.42 Å². The van der Waals surface area contributed by atoms with Crippen molar-refractivity contribution in [3.63, 3.8) is 0 Å². The van der Waals surface area contributed by atoms with Crippen LogP contribution in [0.2, 0.25) is 5.02 Å². The minimum atomic E-state index is -0.245. The zero-order chi connectivity index (χ0) is 15.7. The van der Waals surface area contributed by atoms with Crippen molar-refractivity contribution < 1.29 is 4.79 Å². The van der Waals surface area contributed by atoms with Crippen LogP contribution in [0.4, 0.5) is 5.13 Å². The first-order valence-corrected chi connectivity index (χ1v) is 7.97. The second-order valence-corrected chi connectivity index (χ2v) is 6.27. The zero-order valence-corrected chi connectivity index (χ0v) is 13.6. The largest absolute Gasteiger partial charge is 0.296 e. The van der Waals surface area contributed by atoms with Gasteiger partial charge in [0.2, 0.25) is 5.13 Å². The highest BCUT2D eigenvalue weighted by atomic mass is 35.5. The number of rotatable bonds is 3. The minimum absolute atomic E-state index is 0.245. The number of aromatic nitrogens is 3. The molecule has 3 rings (SSSR count). The monoisotopic (exact) mass is 332 g/mol. The molecule has 112 valence electrons. The maximum atomic E-state index is 12.4. The van der Waals surface area contributed by atoms with E-state index in [1.165, 1.54) is 11.3 Å². The molecule has 0 unspecified atom stereocenters. The van der Waals surface area contributed by atoms with E-state index in [0.717, 1.165) is 22.3 Å². The number of aryl methyl sites for hydroxylation is 2. The molecular weight excluding hydrogens is 320 g/mol. The van der Waals surface area contributed by atoms with E-state index in [1.807, 2.05) is 13.0 Å². The first kappa shape index (κ1) is 14.9. The summed E-state index contributed by atoms with van der Waals surface area (Å²) in [5.74, 6) is -0.245. The number of carbonyl (C=O) groups is 1. The van der Waals surface area contributed by atoms with Crippen LogP contribution in [0.1, 0.15) is 28.0 Å². The molecule has 0 atom stereocenters. The average Bonchev–Trinajstić information content (AvgIpc) is 2.94. The lowest BCUT2D eigenvalue weighted by Crippen LogP contribution is -2.14. The van der Waals surface area contributed by atoms with Crippen LogP contribution in [0.5, 0.6) is 0 Å². The Bertz CT molecular complexity index is 862. The molecule has 5 nitrogen and oxygen atoms in total. The fourth-order valence-electron chi connectivity index (χ4n) is 2.08. The number of carbonyl (C=O) groups excluding carboxylic acids is 1. The van der Waals surface area contributed by atoms with E-state index < -0.39 is 0 Å². The Morgan fingerprint density at radius 3 is 2.86 bits per heavy atom. The number of nitrogens with zero attached hydrogens (tertiary/aromatic N) is 3. The van der Waals surface area contributed by atoms with Crippen LogP contribution >= 0.6 is 22.9 Å². The lowest BCUT2D eigenvalue weighted by atomic mass is 10.1. The second kappa shape index (κ2) is 5.98. The predicted molar refractivity (Wildman–Crippen MR) is 88.7 cm³/mol. The Morgan fingerprint density at radius 1 is 1.32 bits per heavy atom. The number of hydrogen-bond acceptors (Lipinski definition) is 5. The van der Waals surface area contributed by atoms with Gasteiger partial charge >= 0.3 is 0 Å². The third-order valence-electron chi connectivity index (χ3n) is 3.20. The summed E-state index contributed by atoms with van der Waals surface area (Å²) in [5.41, 5.74) is 1.97. The van der Waals surface area contributed by atoms with E-state index in [0.29, 0.717) is 21.4 Å². The first-order valence-electron chi connectivity index (χ1n) is 6.77. The second-order valence-electron chi connectivity index (χ2n) is 4.77. The van der Waals surface area contributed by atoms with E-state index in [-0.39, 0.29) is 5.91 Å². The highest BCUT2D eigenvalue weighted by molar-refractivity contribution is 7.15. The summed E-state index contributed by atoms with van der Waals surface area (Å²) in [6.07, 6.45) is 0.794. The molecule has 0 fully saturated rings. The van der Waals surface area contributed by atoms with Crippen LogP contribution in [0, 0.1) is 6.92 Å². The van der Waals surface area contributed by atoms with Crippen LogP contribution in [0.3, 0.4) is 0 Å². The maximum Gasteiger partial charge on any atom is 0.259 e. The summed E-state index contributed by atoms with van der Waals surface area (Å²) in [6.45, 7) is 3.80. The van der Waals surface area contributed by atoms with Crippen molar-refractivity contribution in [3.8, 4) is 0 Å². The molecule has 0 aliphatic rings. The summed E-state index contributed by atoms with van der Waals surface area (Å²) in [7, 11) is 0. The van der Waals surface area contributed by atoms with Gasteiger partial charge in [-0.25, -0.2) is 0 Å². The minimum Gasteiger partial charge on any atom is -0.296 e. The van der Waals surface area contributed by atoms with Gasteiger partial charge in [-0.3, -0.25) is 15.1 Å². The maximum absolute atomic E-state index is 12.4. The van der Waals surface area contributed by atoms with Gasteiger partial charge in [0.1, 0.15) is 5.01 Å². The SMILES string of the molecule is CCc1nnc(NC(=O)c2cc3cc(Cl)ccc3nc2C)s1. The summed E-state index contributed by atoms with van der Waals surface area (Å²) >= 11 is 7.37. The summed E-state index contributed by atoms with van der Waals surface area (Å²) < 4.78 is 0. The predicted octanol–water partition coefficient (Wildman–Crippen LogP) is 3.86. The molecule has 0 bridgehead atoms. The van der Waals surface area contributed by atoms with Crippen molar-refractivity contribution in [1.29, 1.82) is 0 Å². The lowest BCUT2D eigenvalue weighted by Gasteiger charge is -2.07. The number of fused-ring (bicyclic) bond motifs is 1. The normalized spacial score (nSPS) is 10.9. The molecule has 0 aliphatic heterocycles. The number of pyridine rings is 1. The highest BCUT2D eigenvalue weighted by Crippen LogP contribution is 2.22. The van der Waals surface area contributed by atoms with Crippen LogP contribution in [0.15, 0.2) is 24.3 Å². The van der Waals surface area contributed by atoms with E-state index in [4.69, 9.17) is 11.6 Å². The molecule has 22 heavy (non-hydrogen) atoms. The number of benzene rings is 1. The third kappa shape index (κ3) is 2.93. The van der Waals surface area contributed by atoms with Gasteiger partial charge in [0, 0.05) is 10.4 Å². The van der Waals surface area contributed by atoms with Gasteiger partial charge in [0.15, 0.2) is 0 Å². The van der Waals surface area contributed by atoms with Gasteiger partial charge in [-0.2, -0.15) is 0 Å². The topological polar surface area (TPSA) is 67.8 Å². The smallest absolute Gasteiger partial charge is 0.259 e. The van der Waals surface area contributed by atoms with Gasteiger partial charge in [0.05, 0.1) is 16.8 Å². The molecule has 1 amide bonds. The fraction of sp³-hybridized carbons (Fsp3) is 0.200. The molecular formula is C15H13ClN4OS. The third-order valence-corrected chi connectivity index (χ3v) is 4.42. The van der Waals surface area contributed by atoms with Crippen LogP contribution in [-0.4, -0.2) is 21.1 Å². The summed E-state index contributed by atoms with van der Waals surface area (Å²) in [4.78, 5) is 16.9. The molecule has 1 aromatic carbocycles. The molecule has 0 saturated heterocycles. The Kier molecular flexibility index (Phi) is 4.04. The van der Waals surface area contributed by atoms with Gasteiger partial charge in [-0.05, 0) is 37.6 Å². The molecule has 7 heteroatoms. The quantitative estimate of drug-likeness (QED) is 0.790. The number of amides is 1. The molecule has 1 N–H and O–H groups in total. The summed E-state index contributed by atoms with van der Waals surface area (Å²) in [5, 5.41) is 13.5. The van der Waals surface area contributed by atoms with Gasteiger partial charge < -0.3 is 0 Å². The van der Waals surface area contributed by atoms with E-state index >= 15 is 0 Å². The number of hydrogen-bond donors (Lipinski definition) is 1. The average molecular weight is 333 g/mol. The van der Waals surface area contributed by atoms with Crippen molar-refractivity contribution in [2.75, 3.05) is 5.32 Å². The Morgan fingerprint density at radius 2 is 2.14 bits per heavy atom. The fourth-order valence-corrected chi connectivity index (χ4v) is 2.94. The van der Waals surface area contributed by atoms with Crippen molar-refractivity contribution >= 4 is 44.9 Å². The number of nitrogens with one attached hydrogen (secondary N) is 1. The molecule has 2 aromatic heterocycles. The number of anilines is 1. The van der Waals surface area contributed by atoms with Crippen molar-refractivity contribution in [3.05, 3.63) is 45.6 Å². The Labute approximate surface area is 136 Å². The van der Waals surface area contributed by atoms with Gasteiger partial charge in [-0.1, -0.05) is 29.9 Å². The first-order chi connectivity index (χ1) is 10.6. The highest BCUT2D eigenvalue weighted by Gasteiger charge is 2.14. The van der Waals surface area contributed by atoms with Crippen molar-refractivity contribution in [2.24, 2.45) is 0 Å². The Hall–Kier alpha value is -2.05. The van der Waals surface area contributed by atoms with Gasteiger partial charge in [0.25, 0.3) is 5.91 Å². The zero-order valence-electron chi connectivity index (χ0n) is 12.1. The van der Waals surface area contributed by atoms with E-state index in [9.17, 15) is 4.79 Å². The van der Waals surface area contributed by atoms with E-state index in [1.54, 1.807) is 25.1 Å².